The summed E-state index contributed by atoms with van der Waals surface area (Å²) in [4.78, 5) is 31.8. The van der Waals surface area contributed by atoms with E-state index in [1.807, 2.05) is 48.0 Å². The van der Waals surface area contributed by atoms with Crippen LogP contribution < -0.4 is 5.32 Å². The van der Waals surface area contributed by atoms with E-state index in [0.717, 1.165) is 27.8 Å². The van der Waals surface area contributed by atoms with E-state index in [-0.39, 0.29) is 11.8 Å². The second-order valence-corrected chi connectivity index (χ2v) is 8.00. The maximum Gasteiger partial charge on any atom is 0.254 e. The van der Waals surface area contributed by atoms with Gasteiger partial charge < -0.3 is 14.6 Å². The molecule has 1 aliphatic rings. The lowest BCUT2D eigenvalue weighted by molar-refractivity contribution is -0.125. The third-order valence-electron chi connectivity index (χ3n) is 5.02. The van der Waals surface area contributed by atoms with Gasteiger partial charge in [0.1, 0.15) is 11.7 Å². The number of hydrogen-bond acceptors (Lipinski definition) is 3. The molecule has 0 spiro atoms. The maximum atomic E-state index is 12.8. The molecule has 2 amide bonds. The van der Waals surface area contributed by atoms with Crippen molar-refractivity contribution in [2.75, 3.05) is 6.54 Å². The van der Waals surface area contributed by atoms with Gasteiger partial charge in [-0.25, -0.2) is 4.98 Å². The molecule has 4 rings (SSSR count). The number of amides is 2. The Morgan fingerprint density at radius 3 is 2.82 bits per heavy atom. The van der Waals surface area contributed by atoms with Gasteiger partial charge >= 0.3 is 0 Å². The summed E-state index contributed by atoms with van der Waals surface area (Å²) in [5.74, 6) is -0.232. The Balaban J connectivity index is 1.42. The van der Waals surface area contributed by atoms with Gasteiger partial charge in [0.15, 0.2) is 0 Å². The number of likely N-dealkylation sites (tertiary alicyclic amines) is 1. The molecule has 3 aromatic rings. The molecule has 0 bridgehead atoms. The Labute approximate surface area is 171 Å². The van der Waals surface area contributed by atoms with Crippen LogP contribution in [0.2, 0.25) is 0 Å². The molecule has 1 N–H and O–H groups in total. The molecule has 1 atom stereocenters. The Kier molecular flexibility index (Phi) is 5.17. The van der Waals surface area contributed by atoms with Crippen molar-refractivity contribution >= 4 is 33.4 Å². The van der Waals surface area contributed by atoms with Gasteiger partial charge in [0.25, 0.3) is 5.91 Å². The molecule has 1 saturated heterocycles. The van der Waals surface area contributed by atoms with Gasteiger partial charge in [-0.2, -0.15) is 0 Å². The van der Waals surface area contributed by atoms with Crippen molar-refractivity contribution in [3.8, 4) is 0 Å². The highest BCUT2D eigenvalue weighted by atomic mass is 79.9. The van der Waals surface area contributed by atoms with Crippen molar-refractivity contribution in [3.63, 3.8) is 0 Å². The predicted octanol–water partition coefficient (Wildman–Crippen LogP) is 3.33. The number of rotatable bonds is 4. The fourth-order valence-corrected chi connectivity index (χ4v) is 3.82. The predicted molar refractivity (Wildman–Crippen MR) is 110 cm³/mol. The quantitative estimate of drug-likeness (QED) is 0.676. The molecule has 0 saturated carbocycles. The lowest BCUT2D eigenvalue weighted by atomic mass is 10.1. The van der Waals surface area contributed by atoms with Gasteiger partial charge in [-0.1, -0.05) is 15.9 Å². The average molecular weight is 441 g/mol. The highest BCUT2D eigenvalue weighted by Crippen LogP contribution is 2.21. The summed E-state index contributed by atoms with van der Waals surface area (Å²) in [5.41, 5.74) is 3.39. The molecule has 1 unspecified atom stereocenters. The molecule has 6 nitrogen and oxygen atoms in total. The summed E-state index contributed by atoms with van der Waals surface area (Å²) < 4.78 is 2.86. The van der Waals surface area contributed by atoms with Crippen LogP contribution in [0, 0.1) is 6.92 Å². The number of aryl methyl sites for hydroxylation is 1. The summed E-state index contributed by atoms with van der Waals surface area (Å²) in [7, 11) is 0. The van der Waals surface area contributed by atoms with E-state index in [1.165, 1.54) is 0 Å². The van der Waals surface area contributed by atoms with Crippen molar-refractivity contribution in [1.82, 2.24) is 19.6 Å². The van der Waals surface area contributed by atoms with Gasteiger partial charge in [0, 0.05) is 29.0 Å². The second kappa shape index (κ2) is 7.75. The number of carbonyl (C=O) groups excluding carboxylic acids is 2. The number of aromatic nitrogens is 2. The van der Waals surface area contributed by atoms with Crippen molar-refractivity contribution in [2.45, 2.75) is 32.4 Å². The van der Waals surface area contributed by atoms with E-state index < -0.39 is 6.04 Å². The normalized spacial score (nSPS) is 16.5. The van der Waals surface area contributed by atoms with E-state index in [1.54, 1.807) is 17.0 Å². The van der Waals surface area contributed by atoms with Crippen LogP contribution in [0.4, 0.5) is 0 Å². The van der Waals surface area contributed by atoms with Gasteiger partial charge in [-0.05, 0) is 61.7 Å². The van der Waals surface area contributed by atoms with Crippen LogP contribution in [-0.4, -0.2) is 38.7 Å². The first kappa shape index (κ1) is 18.7. The van der Waals surface area contributed by atoms with Crippen molar-refractivity contribution in [1.29, 1.82) is 0 Å². The number of hydrogen-bond donors (Lipinski definition) is 1. The molecular formula is C21H21BrN4O2. The first-order chi connectivity index (χ1) is 13.5. The average Bonchev–Trinajstić information content (AvgIpc) is 3.32. The van der Waals surface area contributed by atoms with Crippen molar-refractivity contribution in [2.24, 2.45) is 0 Å². The molecule has 144 valence electrons. The summed E-state index contributed by atoms with van der Waals surface area (Å²) in [6.45, 7) is 2.96. The maximum absolute atomic E-state index is 12.8. The number of pyridine rings is 1. The topological polar surface area (TPSA) is 66.7 Å². The second-order valence-electron chi connectivity index (χ2n) is 7.08. The van der Waals surface area contributed by atoms with E-state index in [2.05, 4.69) is 26.2 Å². The molecular weight excluding hydrogens is 420 g/mol. The minimum Gasteiger partial charge on any atom is -0.349 e. The third-order valence-corrected chi connectivity index (χ3v) is 5.55. The third kappa shape index (κ3) is 3.80. The molecule has 2 aromatic heterocycles. The largest absolute Gasteiger partial charge is 0.349 e. The Morgan fingerprint density at radius 1 is 1.25 bits per heavy atom. The summed E-state index contributed by atoms with van der Waals surface area (Å²) >= 11 is 3.38. The van der Waals surface area contributed by atoms with Crippen LogP contribution >= 0.6 is 15.9 Å². The fourth-order valence-electron chi connectivity index (χ4n) is 3.56. The fraction of sp³-hybridized carbons (Fsp3) is 0.286. The number of imidazole rings is 1. The number of halogens is 1. The SMILES string of the molecule is Cc1ccn2cc(CNC(=O)C3CCCN3C(=O)c3ccc(Br)cc3)nc2c1. The lowest BCUT2D eigenvalue weighted by Gasteiger charge is -2.24. The Bertz CT molecular complexity index is 1030. The van der Waals surface area contributed by atoms with Crippen LogP contribution in [0.1, 0.15) is 34.5 Å². The first-order valence-electron chi connectivity index (χ1n) is 9.30. The number of fused-ring (bicyclic) bond motifs is 1. The number of benzene rings is 1. The lowest BCUT2D eigenvalue weighted by Crippen LogP contribution is -2.45. The zero-order chi connectivity index (χ0) is 19.7. The zero-order valence-corrected chi connectivity index (χ0v) is 17.1. The molecule has 0 radical (unpaired) electrons. The van der Waals surface area contributed by atoms with E-state index >= 15 is 0 Å². The molecule has 3 heterocycles. The van der Waals surface area contributed by atoms with Gasteiger partial charge in [-0.3, -0.25) is 9.59 Å². The molecule has 1 fully saturated rings. The monoisotopic (exact) mass is 440 g/mol. The standard InChI is InChI=1S/C21H21BrN4O2/c1-14-8-10-25-13-17(24-19(25)11-14)12-23-20(27)18-3-2-9-26(18)21(28)15-4-6-16(22)7-5-15/h4-8,10-11,13,18H,2-3,9,12H2,1H3,(H,23,27). The number of nitrogens with one attached hydrogen (secondary N) is 1. The molecule has 28 heavy (non-hydrogen) atoms. The van der Waals surface area contributed by atoms with Gasteiger partial charge in [0.2, 0.25) is 5.91 Å². The minimum absolute atomic E-state index is 0.103. The molecule has 1 aliphatic heterocycles. The van der Waals surface area contributed by atoms with Crippen LogP contribution in [-0.2, 0) is 11.3 Å². The van der Waals surface area contributed by atoms with Crippen LogP contribution in [0.25, 0.3) is 5.65 Å². The highest BCUT2D eigenvalue weighted by molar-refractivity contribution is 9.10. The van der Waals surface area contributed by atoms with Crippen LogP contribution in [0.5, 0.6) is 0 Å². The smallest absolute Gasteiger partial charge is 0.254 e. The number of nitrogens with zero attached hydrogens (tertiary/aromatic N) is 3. The highest BCUT2D eigenvalue weighted by Gasteiger charge is 2.34. The van der Waals surface area contributed by atoms with Crippen molar-refractivity contribution < 1.29 is 9.59 Å². The summed E-state index contributed by atoms with van der Waals surface area (Å²) in [6, 6.07) is 10.8. The summed E-state index contributed by atoms with van der Waals surface area (Å²) in [6.07, 6.45) is 5.37. The van der Waals surface area contributed by atoms with E-state index in [0.29, 0.717) is 25.1 Å². The van der Waals surface area contributed by atoms with Gasteiger partial charge in [0.05, 0.1) is 12.2 Å². The van der Waals surface area contributed by atoms with Crippen molar-refractivity contribution in [3.05, 3.63) is 70.1 Å². The Hall–Kier alpha value is -2.67. The van der Waals surface area contributed by atoms with Crippen LogP contribution in [0.15, 0.2) is 53.3 Å². The molecule has 1 aromatic carbocycles. The van der Waals surface area contributed by atoms with E-state index in [4.69, 9.17) is 0 Å². The molecule has 0 aliphatic carbocycles. The zero-order valence-electron chi connectivity index (χ0n) is 15.6. The minimum atomic E-state index is -0.435. The molecule has 7 heteroatoms. The van der Waals surface area contributed by atoms with Gasteiger partial charge in [-0.15, -0.1) is 0 Å². The number of carbonyl (C=O) groups is 2. The summed E-state index contributed by atoms with van der Waals surface area (Å²) in [5, 5.41) is 2.95. The Morgan fingerprint density at radius 2 is 2.04 bits per heavy atom. The first-order valence-corrected chi connectivity index (χ1v) is 10.1. The van der Waals surface area contributed by atoms with Crippen LogP contribution in [0.3, 0.4) is 0 Å². The van der Waals surface area contributed by atoms with E-state index in [9.17, 15) is 9.59 Å².